The van der Waals surface area contributed by atoms with E-state index in [1.807, 2.05) is 18.3 Å². The highest BCUT2D eigenvalue weighted by atomic mass is 16.4. The fraction of sp³-hybridized carbons (Fsp3) is 0.471. The Morgan fingerprint density at radius 2 is 2.17 bits per heavy atom. The predicted molar refractivity (Wildman–Crippen MR) is 83.7 cm³/mol. The van der Waals surface area contributed by atoms with Crippen molar-refractivity contribution in [2.45, 2.75) is 19.3 Å². The molecule has 120 valence electrons. The Hall–Kier alpha value is -2.37. The monoisotopic (exact) mass is 313 g/mol. The summed E-state index contributed by atoms with van der Waals surface area (Å²) >= 11 is 0. The molecule has 0 unspecified atom stereocenters. The molecule has 1 amide bonds. The second kappa shape index (κ2) is 5.37. The summed E-state index contributed by atoms with van der Waals surface area (Å²) in [6, 6.07) is 3.79. The lowest BCUT2D eigenvalue weighted by molar-refractivity contribution is -0.142. The summed E-state index contributed by atoms with van der Waals surface area (Å²) in [7, 11) is 0. The van der Waals surface area contributed by atoms with Crippen molar-refractivity contribution >= 4 is 22.9 Å². The molecule has 0 bridgehead atoms. The zero-order valence-corrected chi connectivity index (χ0v) is 12.7. The number of amides is 1. The van der Waals surface area contributed by atoms with Crippen molar-refractivity contribution in [3.8, 4) is 0 Å². The van der Waals surface area contributed by atoms with Crippen LogP contribution in [-0.2, 0) is 16.0 Å². The number of carbonyl (C=O) groups excluding carboxylic acids is 1. The number of rotatable bonds is 4. The third-order valence-corrected chi connectivity index (χ3v) is 5.14. The van der Waals surface area contributed by atoms with Crippen molar-refractivity contribution in [1.29, 1.82) is 0 Å². The zero-order chi connectivity index (χ0) is 16.0. The third-order valence-electron chi connectivity index (χ3n) is 5.14. The third kappa shape index (κ3) is 2.58. The highest BCUT2D eigenvalue weighted by Crippen LogP contribution is 2.44. The Bertz CT molecular complexity index is 765. The molecule has 6 heteroatoms. The van der Waals surface area contributed by atoms with Gasteiger partial charge in [-0.25, -0.2) is 4.98 Å². The maximum atomic E-state index is 12.6. The average molecular weight is 313 g/mol. The number of pyridine rings is 1. The van der Waals surface area contributed by atoms with Crippen LogP contribution in [0.15, 0.2) is 24.5 Å². The standard InChI is InChI=1S/C17H19N3O3/c21-15(6-11-7-19-16-12(11)2-1-5-18-16)20-8-13(10-3-4-10)14(9-20)17(22)23/h1-2,5,7,10,13-14H,3-4,6,8-9H2,(H,18,19)(H,22,23)/t13-,14+/m1/s1. The number of nitrogens with zero attached hydrogens (tertiary/aromatic N) is 2. The molecule has 0 spiro atoms. The second-order valence-corrected chi connectivity index (χ2v) is 6.63. The topological polar surface area (TPSA) is 86.3 Å². The first-order chi connectivity index (χ1) is 11.1. The van der Waals surface area contributed by atoms with Gasteiger partial charge in [-0.1, -0.05) is 0 Å². The van der Waals surface area contributed by atoms with Crippen LogP contribution in [0.25, 0.3) is 11.0 Å². The van der Waals surface area contributed by atoms with E-state index in [9.17, 15) is 14.7 Å². The molecule has 0 aromatic carbocycles. The summed E-state index contributed by atoms with van der Waals surface area (Å²) < 4.78 is 0. The lowest BCUT2D eigenvalue weighted by Gasteiger charge is -2.16. The van der Waals surface area contributed by atoms with Gasteiger partial charge >= 0.3 is 5.97 Å². The Kier molecular flexibility index (Phi) is 3.32. The van der Waals surface area contributed by atoms with Crippen LogP contribution >= 0.6 is 0 Å². The Morgan fingerprint density at radius 1 is 1.35 bits per heavy atom. The number of carboxylic acids is 1. The van der Waals surface area contributed by atoms with Gasteiger partial charge in [0.1, 0.15) is 5.65 Å². The minimum absolute atomic E-state index is 0.00385. The summed E-state index contributed by atoms with van der Waals surface area (Å²) in [6.07, 6.45) is 6.02. The van der Waals surface area contributed by atoms with Crippen LogP contribution in [0.5, 0.6) is 0 Å². The van der Waals surface area contributed by atoms with E-state index in [1.165, 1.54) is 0 Å². The zero-order valence-electron chi connectivity index (χ0n) is 12.7. The van der Waals surface area contributed by atoms with Crippen molar-refractivity contribution in [3.63, 3.8) is 0 Å². The van der Waals surface area contributed by atoms with Crippen molar-refractivity contribution in [2.75, 3.05) is 13.1 Å². The number of carbonyl (C=O) groups is 2. The molecule has 1 aliphatic carbocycles. The molecular weight excluding hydrogens is 294 g/mol. The highest BCUT2D eigenvalue weighted by molar-refractivity contribution is 5.87. The number of nitrogens with one attached hydrogen (secondary N) is 1. The molecular formula is C17H19N3O3. The molecule has 3 heterocycles. The van der Waals surface area contributed by atoms with Crippen LogP contribution < -0.4 is 0 Å². The van der Waals surface area contributed by atoms with Gasteiger partial charge < -0.3 is 15.0 Å². The molecule has 2 atom stereocenters. The lowest BCUT2D eigenvalue weighted by Crippen LogP contribution is -2.31. The van der Waals surface area contributed by atoms with E-state index in [4.69, 9.17) is 0 Å². The fourth-order valence-corrected chi connectivity index (χ4v) is 3.73. The van der Waals surface area contributed by atoms with Gasteiger partial charge in [0.15, 0.2) is 0 Å². The second-order valence-electron chi connectivity index (χ2n) is 6.63. The predicted octanol–water partition coefficient (Wildman–Crippen LogP) is 1.67. The van der Waals surface area contributed by atoms with E-state index in [-0.39, 0.29) is 18.2 Å². The van der Waals surface area contributed by atoms with Crippen LogP contribution in [0, 0.1) is 17.8 Å². The van der Waals surface area contributed by atoms with Gasteiger partial charge in [-0.2, -0.15) is 0 Å². The van der Waals surface area contributed by atoms with Gasteiger partial charge in [0.2, 0.25) is 5.91 Å². The molecule has 1 saturated carbocycles. The van der Waals surface area contributed by atoms with Crippen LogP contribution in [0.3, 0.4) is 0 Å². The molecule has 23 heavy (non-hydrogen) atoms. The van der Waals surface area contributed by atoms with Crippen molar-refractivity contribution in [3.05, 3.63) is 30.1 Å². The minimum Gasteiger partial charge on any atom is -0.481 e. The summed E-state index contributed by atoms with van der Waals surface area (Å²) in [5, 5.41) is 10.4. The number of H-pyrrole nitrogens is 1. The van der Waals surface area contributed by atoms with Crippen LogP contribution in [-0.4, -0.2) is 44.9 Å². The number of likely N-dealkylation sites (tertiary alicyclic amines) is 1. The van der Waals surface area contributed by atoms with Gasteiger partial charge in [0.25, 0.3) is 0 Å². The Labute approximate surface area is 133 Å². The van der Waals surface area contributed by atoms with Crippen molar-refractivity contribution in [1.82, 2.24) is 14.9 Å². The molecule has 6 nitrogen and oxygen atoms in total. The molecule has 1 saturated heterocycles. The van der Waals surface area contributed by atoms with Crippen LogP contribution in [0.1, 0.15) is 18.4 Å². The summed E-state index contributed by atoms with van der Waals surface area (Å²) in [5.74, 6) is -0.555. The van der Waals surface area contributed by atoms with Gasteiger partial charge in [0, 0.05) is 30.9 Å². The molecule has 1 aliphatic heterocycles. The van der Waals surface area contributed by atoms with Gasteiger partial charge in [-0.3, -0.25) is 9.59 Å². The number of aromatic nitrogens is 2. The van der Waals surface area contributed by atoms with E-state index < -0.39 is 11.9 Å². The minimum atomic E-state index is -0.770. The van der Waals surface area contributed by atoms with E-state index in [0.29, 0.717) is 19.0 Å². The number of hydrogen-bond acceptors (Lipinski definition) is 3. The molecule has 2 aliphatic rings. The van der Waals surface area contributed by atoms with E-state index in [0.717, 1.165) is 29.4 Å². The molecule has 4 rings (SSSR count). The highest BCUT2D eigenvalue weighted by Gasteiger charge is 2.46. The molecule has 2 aromatic heterocycles. The number of aromatic amines is 1. The van der Waals surface area contributed by atoms with Crippen molar-refractivity contribution in [2.24, 2.45) is 17.8 Å². The van der Waals surface area contributed by atoms with E-state index in [2.05, 4.69) is 9.97 Å². The number of hydrogen-bond donors (Lipinski definition) is 2. The Balaban J connectivity index is 1.50. The normalized spacial score (nSPS) is 24.3. The van der Waals surface area contributed by atoms with Gasteiger partial charge in [-0.05, 0) is 42.4 Å². The fourth-order valence-electron chi connectivity index (χ4n) is 3.73. The quantitative estimate of drug-likeness (QED) is 0.899. The van der Waals surface area contributed by atoms with Gasteiger partial charge in [0.05, 0.1) is 12.3 Å². The van der Waals surface area contributed by atoms with E-state index in [1.54, 1.807) is 11.1 Å². The largest absolute Gasteiger partial charge is 0.481 e. The summed E-state index contributed by atoms with van der Waals surface area (Å²) in [6.45, 7) is 0.928. The number of carboxylic acid groups (broad SMARTS) is 1. The maximum Gasteiger partial charge on any atom is 0.308 e. The molecule has 2 aromatic rings. The number of fused-ring (bicyclic) bond motifs is 1. The summed E-state index contributed by atoms with van der Waals surface area (Å²) in [4.78, 5) is 33.1. The van der Waals surface area contributed by atoms with Crippen LogP contribution in [0.2, 0.25) is 0 Å². The summed E-state index contributed by atoms with van der Waals surface area (Å²) in [5.41, 5.74) is 1.69. The first-order valence-electron chi connectivity index (χ1n) is 8.05. The molecule has 2 fully saturated rings. The van der Waals surface area contributed by atoms with Crippen LogP contribution in [0.4, 0.5) is 0 Å². The average Bonchev–Trinajstić information content (AvgIpc) is 3.16. The smallest absolute Gasteiger partial charge is 0.308 e. The molecule has 2 N–H and O–H groups in total. The first-order valence-corrected chi connectivity index (χ1v) is 8.05. The lowest BCUT2D eigenvalue weighted by atomic mass is 9.92. The van der Waals surface area contributed by atoms with Crippen molar-refractivity contribution < 1.29 is 14.7 Å². The maximum absolute atomic E-state index is 12.6. The first kappa shape index (κ1) is 14.2. The van der Waals surface area contributed by atoms with E-state index >= 15 is 0 Å². The Morgan fingerprint density at radius 3 is 2.91 bits per heavy atom. The number of aliphatic carboxylic acids is 1. The molecule has 0 radical (unpaired) electrons. The van der Waals surface area contributed by atoms with Gasteiger partial charge in [-0.15, -0.1) is 0 Å². The SMILES string of the molecule is O=C(O)[C@H]1CN(C(=O)Cc2c[nH]c3ncccc23)C[C@@H]1C1CC1.